The summed E-state index contributed by atoms with van der Waals surface area (Å²) in [7, 11) is 3.74. The zero-order valence-electron chi connectivity index (χ0n) is 7.83. The zero-order valence-corrected chi connectivity index (χ0v) is 7.83. The molecule has 0 fully saturated rings. The van der Waals surface area contributed by atoms with Gasteiger partial charge >= 0.3 is 0 Å². The molecular weight excluding hydrogens is 162 g/mol. The van der Waals surface area contributed by atoms with Gasteiger partial charge in [0.15, 0.2) is 0 Å². The Morgan fingerprint density at radius 1 is 1.38 bits per heavy atom. The maximum atomic E-state index is 4.19. The van der Waals surface area contributed by atoms with Gasteiger partial charge < -0.3 is 5.32 Å². The van der Waals surface area contributed by atoms with E-state index < -0.39 is 0 Å². The Kier molecular flexibility index (Phi) is 2.02. The van der Waals surface area contributed by atoms with Crippen molar-refractivity contribution in [1.29, 1.82) is 0 Å². The van der Waals surface area contributed by atoms with E-state index >= 15 is 0 Å². The van der Waals surface area contributed by atoms with Gasteiger partial charge in [-0.3, -0.25) is 10.3 Å². The third-order valence-corrected chi connectivity index (χ3v) is 2.32. The summed E-state index contributed by atoms with van der Waals surface area (Å²) in [6.45, 7) is 0. The molecule has 0 aromatic heterocycles. The monoisotopic (exact) mass is 175 g/mol. The fourth-order valence-electron chi connectivity index (χ4n) is 1.67. The number of nitrogens with zero attached hydrogens (tertiary/aromatic N) is 1. The Bertz CT molecular complexity index is 344. The number of nitrogens with one attached hydrogen (secondary N) is 2. The molecule has 1 aliphatic rings. The van der Waals surface area contributed by atoms with E-state index in [1.165, 1.54) is 11.1 Å². The summed E-state index contributed by atoms with van der Waals surface area (Å²) in [5.74, 6) is 0.968. The standard InChI is InChI=1S/C10H13N3/c1-11-9-7-5-3-4-6-8(7)10(12-2)13-9/h3-6,9,11H,1-2H3,(H,12,13). The van der Waals surface area contributed by atoms with Crippen LogP contribution in [0.2, 0.25) is 0 Å². The highest BCUT2D eigenvalue weighted by atomic mass is 15.2. The number of hydrogen-bond acceptors (Lipinski definition) is 2. The van der Waals surface area contributed by atoms with Crippen molar-refractivity contribution in [2.75, 3.05) is 14.1 Å². The summed E-state index contributed by atoms with van der Waals surface area (Å²) in [5, 5.41) is 6.49. The van der Waals surface area contributed by atoms with Gasteiger partial charge in [0.05, 0.1) is 0 Å². The molecule has 1 atom stereocenters. The Hall–Kier alpha value is -1.35. The first-order valence-electron chi connectivity index (χ1n) is 4.36. The Morgan fingerprint density at radius 3 is 2.85 bits per heavy atom. The van der Waals surface area contributed by atoms with Gasteiger partial charge in [0, 0.05) is 12.6 Å². The highest BCUT2D eigenvalue weighted by Gasteiger charge is 2.23. The number of fused-ring (bicyclic) bond motifs is 1. The van der Waals surface area contributed by atoms with Gasteiger partial charge in [-0.1, -0.05) is 24.3 Å². The Balaban J connectivity index is 2.50. The lowest BCUT2D eigenvalue weighted by Crippen LogP contribution is -2.29. The van der Waals surface area contributed by atoms with Crippen LogP contribution >= 0.6 is 0 Å². The fourth-order valence-corrected chi connectivity index (χ4v) is 1.67. The predicted octanol–water partition coefficient (Wildman–Crippen LogP) is 0.884. The molecule has 68 valence electrons. The summed E-state index contributed by atoms with van der Waals surface area (Å²) in [5.41, 5.74) is 2.47. The molecule has 0 radical (unpaired) electrons. The molecule has 3 heteroatoms. The fraction of sp³-hybridized carbons (Fsp3) is 0.300. The minimum absolute atomic E-state index is 0.204. The molecule has 0 saturated carbocycles. The van der Waals surface area contributed by atoms with Crippen LogP contribution in [0.1, 0.15) is 17.3 Å². The first-order chi connectivity index (χ1) is 6.36. The summed E-state index contributed by atoms with van der Waals surface area (Å²) in [4.78, 5) is 4.19. The lowest BCUT2D eigenvalue weighted by molar-refractivity contribution is 0.579. The molecule has 2 rings (SSSR count). The van der Waals surface area contributed by atoms with E-state index in [1.807, 2.05) is 19.2 Å². The van der Waals surface area contributed by atoms with E-state index in [0.717, 1.165) is 5.84 Å². The maximum absolute atomic E-state index is 4.19. The van der Waals surface area contributed by atoms with Crippen molar-refractivity contribution < 1.29 is 0 Å². The molecule has 1 heterocycles. The quantitative estimate of drug-likeness (QED) is 0.665. The van der Waals surface area contributed by atoms with Gasteiger partial charge in [0.25, 0.3) is 0 Å². The zero-order chi connectivity index (χ0) is 9.26. The number of benzene rings is 1. The molecule has 13 heavy (non-hydrogen) atoms. The molecule has 1 aliphatic heterocycles. The molecule has 3 nitrogen and oxygen atoms in total. The summed E-state index contributed by atoms with van der Waals surface area (Å²) in [6, 6.07) is 8.27. The first kappa shape index (κ1) is 8.26. The second kappa shape index (κ2) is 3.18. The lowest BCUT2D eigenvalue weighted by atomic mass is 10.1. The van der Waals surface area contributed by atoms with Crippen LogP contribution in [0.3, 0.4) is 0 Å². The van der Waals surface area contributed by atoms with Crippen molar-refractivity contribution in [3.63, 3.8) is 0 Å². The SMILES string of the molecule is CN=C1NC(NC)c2ccccc21. The van der Waals surface area contributed by atoms with E-state index in [9.17, 15) is 0 Å². The topological polar surface area (TPSA) is 36.4 Å². The van der Waals surface area contributed by atoms with E-state index in [2.05, 4.69) is 27.8 Å². The number of rotatable bonds is 1. The number of aliphatic imine (C=N–C) groups is 1. The van der Waals surface area contributed by atoms with Crippen molar-refractivity contribution in [3.8, 4) is 0 Å². The van der Waals surface area contributed by atoms with Gasteiger partial charge in [0.2, 0.25) is 0 Å². The smallest absolute Gasteiger partial charge is 0.129 e. The van der Waals surface area contributed by atoms with Crippen molar-refractivity contribution in [2.24, 2.45) is 4.99 Å². The van der Waals surface area contributed by atoms with Gasteiger partial charge in [-0.2, -0.15) is 0 Å². The van der Waals surface area contributed by atoms with Crippen LogP contribution in [0.4, 0.5) is 0 Å². The summed E-state index contributed by atoms with van der Waals surface area (Å²) in [6.07, 6.45) is 0.204. The molecule has 1 aromatic rings. The maximum Gasteiger partial charge on any atom is 0.129 e. The second-order valence-corrected chi connectivity index (χ2v) is 3.03. The molecule has 0 spiro atoms. The average Bonchev–Trinajstić information content (AvgIpc) is 2.56. The first-order valence-corrected chi connectivity index (χ1v) is 4.36. The van der Waals surface area contributed by atoms with Crippen LogP contribution < -0.4 is 10.6 Å². The molecule has 0 amide bonds. The number of amidine groups is 1. The highest BCUT2D eigenvalue weighted by molar-refractivity contribution is 6.03. The molecule has 0 aliphatic carbocycles. The van der Waals surface area contributed by atoms with Gasteiger partial charge in [-0.05, 0) is 12.6 Å². The summed E-state index contributed by atoms with van der Waals surface area (Å²) < 4.78 is 0. The Labute approximate surface area is 77.9 Å². The molecular formula is C10H13N3. The van der Waals surface area contributed by atoms with E-state index in [-0.39, 0.29) is 6.17 Å². The molecule has 0 saturated heterocycles. The highest BCUT2D eigenvalue weighted by Crippen LogP contribution is 2.22. The van der Waals surface area contributed by atoms with Gasteiger partial charge in [-0.25, -0.2) is 0 Å². The molecule has 1 aromatic carbocycles. The van der Waals surface area contributed by atoms with Crippen molar-refractivity contribution in [3.05, 3.63) is 35.4 Å². The second-order valence-electron chi connectivity index (χ2n) is 3.03. The van der Waals surface area contributed by atoms with Crippen LogP contribution in [0, 0.1) is 0 Å². The summed E-state index contributed by atoms with van der Waals surface area (Å²) >= 11 is 0. The van der Waals surface area contributed by atoms with Crippen LogP contribution in [0.15, 0.2) is 29.3 Å². The molecule has 2 N–H and O–H groups in total. The van der Waals surface area contributed by atoms with Crippen LogP contribution in [0.25, 0.3) is 0 Å². The van der Waals surface area contributed by atoms with E-state index in [4.69, 9.17) is 0 Å². The van der Waals surface area contributed by atoms with Crippen molar-refractivity contribution >= 4 is 5.84 Å². The third-order valence-electron chi connectivity index (χ3n) is 2.32. The van der Waals surface area contributed by atoms with E-state index in [1.54, 1.807) is 7.05 Å². The molecule has 1 unspecified atom stereocenters. The van der Waals surface area contributed by atoms with Crippen LogP contribution in [0.5, 0.6) is 0 Å². The molecule has 0 bridgehead atoms. The van der Waals surface area contributed by atoms with Crippen molar-refractivity contribution in [2.45, 2.75) is 6.17 Å². The average molecular weight is 175 g/mol. The Morgan fingerprint density at radius 2 is 2.15 bits per heavy atom. The minimum Gasteiger partial charge on any atom is -0.351 e. The van der Waals surface area contributed by atoms with Crippen LogP contribution in [-0.4, -0.2) is 19.9 Å². The number of hydrogen-bond donors (Lipinski definition) is 2. The lowest BCUT2D eigenvalue weighted by Gasteiger charge is -2.09. The largest absolute Gasteiger partial charge is 0.351 e. The predicted molar refractivity (Wildman–Crippen MR) is 53.8 cm³/mol. The van der Waals surface area contributed by atoms with Gasteiger partial charge in [-0.15, -0.1) is 0 Å². The normalized spacial score (nSPS) is 22.9. The minimum atomic E-state index is 0.204. The van der Waals surface area contributed by atoms with Gasteiger partial charge in [0.1, 0.15) is 12.0 Å². The van der Waals surface area contributed by atoms with Crippen LogP contribution in [-0.2, 0) is 0 Å². The van der Waals surface area contributed by atoms with Crippen molar-refractivity contribution in [1.82, 2.24) is 10.6 Å². The van der Waals surface area contributed by atoms with E-state index in [0.29, 0.717) is 0 Å². The third kappa shape index (κ3) is 1.21.